The second-order valence-corrected chi connectivity index (χ2v) is 9.00. The van der Waals surface area contributed by atoms with Gasteiger partial charge in [-0.05, 0) is 10.8 Å². The van der Waals surface area contributed by atoms with Crippen LogP contribution in [0.15, 0.2) is 42.5 Å². The second-order valence-electron chi connectivity index (χ2n) is 3.25. The lowest BCUT2D eigenvalue weighted by Gasteiger charge is -2.16. The molecule has 0 aromatic heterocycles. The molecule has 0 radical (unpaired) electrons. The lowest BCUT2D eigenvalue weighted by atomic mass is 10.1. The van der Waals surface area contributed by atoms with E-state index in [1.54, 1.807) is 7.11 Å². The van der Waals surface area contributed by atoms with Crippen LogP contribution in [0, 0.1) is 0 Å². The maximum Gasteiger partial charge on any atom is 0.424 e. The van der Waals surface area contributed by atoms with Crippen LogP contribution in [0.5, 0.6) is 0 Å². The number of halogens is 2. The summed E-state index contributed by atoms with van der Waals surface area (Å²) in [6.07, 6.45) is 0. The molecule has 4 heteroatoms. The topological polar surface area (TPSA) is 9.23 Å². The van der Waals surface area contributed by atoms with E-state index in [0.717, 1.165) is 16.0 Å². The molecule has 0 saturated heterocycles. The van der Waals surface area contributed by atoms with Crippen molar-refractivity contribution in [3.05, 3.63) is 42.5 Å². The summed E-state index contributed by atoms with van der Waals surface area (Å²) in [5.74, 6) is 0. The number of fused-ring (bicyclic) bond motifs is 1. The largest absolute Gasteiger partial charge is 0.424 e. The van der Waals surface area contributed by atoms with Gasteiger partial charge in [-0.25, -0.2) is 0 Å². The molecule has 78 valence electrons. The molecular weight excluding hydrogens is 247 g/mol. The van der Waals surface area contributed by atoms with E-state index in [0.29, 0.717) is 0 Å². The Balaban J connectivity index is 2.71. The van der Waals surface area contributed by atoms with Crippen molar-refractivity contribution in [3.63, 3.8) is 0 Å². The summed E-state index contributed by atoms with van der Waals surface area (Å²) in [7, 11) is 1.55. The highest BCUT2D eigenvalue weighted by atomic mass is 35.7. The zero-order chi connectivity index (χ0) is 10.9. The van der Waals surface area contributed by atoms with Crippen molar-refractivity contribution in [2.24, 2.45) is 0 Å². The van der Waals surface area contributed by atoms with Crippen LogP contribution in [-0.2, 0) is 4.43 Å². The van der Waals surface area contributed by atoms with E-state index in [1.165, 1.54) is 0 Å². The molecule has 2 aromatic rings. The highest BCUT2D eigenvalue weighted by Crippen LogP contribution is 2.21. The molecular formula is C11H10Cl2OSi. The molecule has 0 amide bonds. The van der Waals surface area contributed by atoms with Gasteiger partial charge in [0, 0.05) is 12.3 Å². The molecule has 2 aromatic carbocycles. The van der Waals surface area contributed by atoms with Gasteiger partial charge < -0.3 is 4.43 Å². The summed E-state index contributed by atoms with van der Waals surface area (Å²) in [5.41, 5.74) is 0. The molecule has 0 unspecified atom stereocenters. The molecule has 0 aliphatic carbocycles. The van der Waals surface area contributed by atoms with Gasteiger partial charge in [0.2, 0.25) is 0 Å². The highest BCUT2D eigenvalue weighted by molar-refractivity contribution is 7.48. The van der Waals surface area contributed by atoms with Crippen LogP contribution in [0.2, 0.25) is 0 Å². The van der Waals surface area contributed by atoms with Crippen molar-refractivity contribution in [2.45, 2.75) is 0 Å². The molecule has 1 nitrogen and oxygen atoms in total. The molecule has 0 spiro atoms. The van der Waals surface area contributed by atoms with Gasteiger partial charge in [0.05, 0.1) is 0 Å². The van der Waals surface area contributed by atoms with Crippen molar-refractivity contribution in [1.82, 2.24) is 0 Å². The van der Waals surface area contributed by atoms with Gasteiger partial charge in [0.15, 0.2) is 0 Å². The maximum absolute atomic E-state index is 6.21. The molecule has 15 heavy (non-hydrogen) atoms. The minimum atomic E-state index is -2.77. The fraction of sp³-hybridized carbons (Fsp3) is 0.0909. The van der Waals surface area contributed by atoms with Crippen LogP contribution in [-0.4, -0.2) is 14.0 Å². The summed E-state index contributed by atoms with van der Waals surface area (Å²) >= 11 is 12.4. The number of rotatable bonds is 2. The predicted octanol–water partition coefficient (Wildman–Crippen LogP) is 3.11. The van der Waals surface area contributed by atoms with E-state index in [-0.39, 0.29) is 0 Å². The Hall–Kier alpha value is -0.543. The van der Waals surface area contributed by atoms with Gasteiger partial charge in [-0.3, -0.25) is 0 Å². The lowest BCUT2D eigenvalue weighted by molar-refractivity contribution is 0.438. The van der Waals surface area contributed by atoms with Crippen LogP contribution in [0.4, 0.5) is 0 Å². The fourth-order valence-electron chi connectivity index (χ4n) is 1.59. The first-order chi connectivity index (χ1) is 7.15. The summed E-state index contributed by atoms with van der Waals surface area (Å²) in [6.45, 7) is -2.77. The average Bonchev–Trinajstić information content (AvgIpc) is 2.28. The van der Waals surface area contributed by atoms with Gasteiger partial charge in [0.1, 0.15) is 0 Å². The Labute approximate surface area is 99.1 Å². The first-order valence-corrected chi connectivity index (χ1v) is 8.49. The molecule has 0 heterocycles. The van der Waals surface area contributed by atoms with Crippen LogP contribution >= 0.6 is 22.2 Å². The highest BCUT2D eigenvalue weighted by Gasteiger charge is 2.33. The molecule has 0 bridgehead atoms. The average molecular weight is 257 g/mol. The third-order valence-corrected chi connectivity index (χ3v) is 6.08. The SMILES string of the molecule is CO[Si](Cl)(Cl)c1cccc2ccccc12. The molecule has 0 aliphatic rings. The van der Waals surface area contributed by atoms with Crippen molar-refractivity contribution in [1.29, 1.82) is 0 Å². The summed E-state index contributed by atoms with van der Waals surface area (Å²) in [4.78, 5) is 0. The van der Waals surface area contributed by atoms with Gasteiger partial charge in [0.25, 0.3) is 0 Å². The Morgan fingerprint density at radius 2 is 1.67 bits per heavy atom. The Morgan fingerprint density at radius 3 is 2.40 bits per heavy atom. The number of hydrogen-bond acceptors (Lipinski definition) is 1. The standard InChI is InChI=1S/C11H10Cl2OSi/c1-14-15(12,13)11-8-4-6-9-5-2-3-7-10(9)11/h2-8H,1H3. The minimum Gasteiger partial charge on any atom is -0.392 e. The van der Waals surface area contributed by atoms with Crippen molar-refractivity contribution < 1.29 is 4.43 Å². The normalized spacial score (nSPS) is 11.9. The summed E-state index contributed by atoms with van der Waals surface area (Å²) in [6, 6.07) is 13.9. The van der Waals surface area contributed by atoms with Crippen molar-refractivity contribution >= 4 is 45.1 Å². The molecule has 2 rings (SSSR count). The van der Waals surface area contributed by atoms with Crippen LogP contribution in [0.1, 0.15) is 0 Å². The van der Waals surface area contributed by atoms with Crippen LogP contribution in [0.25, 0.3) is 10.8 Å². The predicted molar refractivity (Wildman–Crippen MR) is 68.1 cm³/mol. The monoisotopic (exact) mass is 256 g/mol. The molecule has 0 aliphatic heterocycles. The molecule has 0 saturated carbocycles. The second kappa shape index (κ2) is 4.14. The molecule has 0 N–H and O–H groups in total. The van der Waals surface area contributed by atoms with E-state index in [9.17, 15) is 0 Å². The van der Waals surface area contributed by atoms with E-state index >= 15 is 0 Å². The van der Waals surface area contributed by atoms with Crippen LogP contribution in [0.3, 0.4) is 0 Å². The van der Waals surface area contributed by atoms with Crippen LogP contribution < -0.4 is 5.19 Å². The fourth-order valence-corrected chi connectivity index (χ4v) is 3.63. The first kappa shape index (κ1) is 11.0. The summed E-state index contributed by atoms with van der Waals surface area (Å²) < 4.78 is 5.20. The summed E-state index contributed by atoms with van der Waals surface area (Å²) in [5, 5.41) is 3.11. The van der Waals surface area contributed by atoms with Gasteiger partial charge >= 0.3 is 6.94 Å². The Morgan fingerprint density at radius 1 is 1.00 bits per heavy atom. The molecule has 0 atom stereocenters. The zero-order valence-corrected chi connectivity index (χ0v) is 10.7. The van der Waals surface area contributed by atoms with E-state index in [1.807, 2.05) is 42.5 Å². The van der Waals surface area contributed by atoms with Gasteiger partial charge in [-0.2, -0.15) is 0 Å². The third kappa shape index (κ3) is 2.04. The van der Waals surface area contributed by atoms with Crippen molar-refractivity contribution in [2.75, 3.05) is 7.11 Å². The smallest absolute Gasteiger partial charge is 0.392 e. The van der Waals surface area contributed by atoms with E-state index in [4.69, 9.17) is 26.6 Å². The van der Waals surface area contributed by atoms with Gasteiger partial charge in [-0.15, -0.1) is 22.2 Å². The van der Waals surface area contributed by atoms with Gasteiger partial charge in [-0.1, -0.05) is 42.5 Å². The first-order valence-electron chi connectivity index (χ1n) is 4.56. The quantitative estimate of drug-likeness (QED) is 0.593. The van der Waals surface area contributed by atoms with Crippen molar-refractivity contribution in [3.8, 4) is 0 Å². The lowest BCUT2D eigenvalue weighted by Crippen LogP contribution is -2.39. The van der Waals surface area contributed by atoms with E-state index < -0.39 is 6.94 Å². The Bertz CT molecular complexity index is 479. The number of benzene rings is 2. The minimum absolute atomic E-state index is 0.909. The molecule has 0 fully saturated rings. The zero-order valence-electron chi connectivity index (χ0n) is 8.21. The van der Waals surface area contributed by atoms with E-state index in [2.05, 4.69) is 0 Å². The third-order valence-electron chi connectivity index (χ3n) is 2.36. The maximum atomic E-state index is 6.21. The number of hydrogen-bond donors (Lipinski definition) is 0. The Kier molecular flexibility index (Phi) is 3.02.